The van der Waals surface area contributed by atoms with Crippen LogP contribution in [-0.2, 0) is 14.3 Å². The van der Waals surface area contributed by atoms with E-state index in [-0.39, 0.29) is 36.8 Å². The van der Waals surface area contributed by atoms with Crippen LogP contribution in [0.1, 0.15) is 69.4 Å². The number of aliphatic carboxylic acids is 1. The zero-order valence-corrected chi connectivity index (χ0v) is 20.4. The molecule has 2 aromatic carbocycles. The molecule has 2 aromatic rings. The van der Waals surface area contributed by atoms with Crippen LogP contribution in [0.15, 0.2) is 48.5 Å². The van der Waals surface area contributed by atoms with Gasteiger partial charge in [-0.25, -0.2) is 4.79 Å². The van der Waals surface area contributed by atoms with E-state index < -0.39 is 17.6 Å². The van der Waals surface area contributed by atoms with Crippen LogP contribution >= 0.6 is 0 Å². The standard InChI is InChI=1S/C28H34N2O5/c1-3-28(4-2,26(33)29-19-14-13-18(15-19)16-25(31)32)30-27(34)35-17-24-22-11-7-5-9-20(22)21-10-6-8-12-23(21)24/h5-12,18-19,24H,3-4,13-17H2,1-2H3,(H,29,33)(H,30,34)(H,31,32). The van der Waals surface area contributed by atoms with Gasteiger partial charge in [0, 0.05) is 18.4 Å². The fourth-order valence-corrected chi connectivity index (χ4v) is 5.60. The van der Waals surface area contributed by atoms with E-state index in [0.717, 1.165) is 35.1 Å². The number of amides is 2. The van der Waals surface area contributed by atoms with Crippen molar-refractivity contribution in [2.45, 2.75) is 69.9 Å². The van der Waals surface area contributed by atoms with Gasteiger partial charge in [-0.15, -0.1) is 0 Å². The van der Waals surface area contributed by atoms with Crippen LogP contribution in [0.25, 0.3) is 11.1 Å². The van der Waals surface area contributed by atoms with Gasteiger partial charge in [-0.05, 0) is 60.3 Å². The number of hydrogen-bond donors (Lipinski definition) is 3. The maximum atomic E-state index is 13.2. The first-order valence-corrected chi connectivity index (χ1v) is 12.5. The molecule has 7 nitrogen and oxygen atoms in total. The van der Waals surface area contributed by atoms with Gasteiger partial charge in [0.05, 0.1) is 0 Å². The molecule has 186 valence electrons. The van der Waals surface area contributed by atoms with Crippen molar-refractivity contribution >= 4 is 18.0 Å². The number of carboxylic acid groups (broad SMARTS) is 1. The Balaban J connectivity index is 1.38. The van der Waals surface area contributed by atoms with Crippen LogP contribution in [-0.4, -0.2) is 41.3 Å². The monoisotopic (exact) mass is 478 g/mol. The SMILES string of the molecule is CCC(CC)(NC(=O)OCC1c2ccccc2-c2ccccc21)C(=O)NC1CCC(CC(=O)O)C1. The zero-order valence-electron chi connectivity index (χ0n) is 20.4. The lowest BCUT2D eigenvalue weighted by Gasteiger charge is -2.32. The van der Waals surface area contributed by atoms with Gasteiger partial charge < -0.3 is 20.5 Å². The minimum absolute atomic E-state index is 0.0516. The van der Waals surface area contributed by atoms with Gasteiger partial charge in [0.25, 0.3) is 0 Å². The van der Waals surface area contributed by atoms with Crippen molar-refractivity contribution in [1.29, 1.82) is 0 Å². The summed E-state index contributed by atoms with van der Waals surface area (Å²) < 4.78 is 5.68. The smallest absolute Gasteiger partial charge is 0.408 e. The molecule has 1 saturated carbocycles. The highest BCUT2D eigenvalue weighted by Crippen LogP contribution is 2.44. The second kappa shape index (κ2) is 10.5. The number of hydrogen-bond acceptors (Lipinski definition) is 4. The third-order valence-corrected chi connectivity index (χ3v) is 7.67. The quantitative estimate of drug-likeness (QED) is 0.478. The molecular weight excluding hydrogens is 444 g/mol. The van der Waals surface area contributed by atoms with Crippen molar-refractivity contribution in [2.75, 3.05) is 6.61 Å². The maximum Gasteiger partial charge on any atom is 0.408 e. The normalized spacial score (nSPS) is 19.0. The van der Waals surface area contributed by atoms with Crippen molar-refractivity contribution in [1.82, 2.24) is 10.6 Å². The highest BCUT2D eigenvalue weighted by Gasteiger charge is 2.40. The number of ether oxygens (including phenoxy) is 1. The molecule has 0 aliphatic heterocycles. The Hall–Kier alpha value is -3.35. The van der Waals surface area contributed by atoms with E-state index in [0.29, 0.717) is 19.3 Å². The molecule has 2 atom stereocenters. The van der Waals surface area contributed by atoms with Crippen LogP contribution in [0, 0.1) is 5.92 Å². The Morgan fingerprint density at radius 2 is 1.57 bits per heavy atom. The summed E-state index contributed by atoms with van der Waals surface area (Å²) in [6.07, 6.45) is 2.53. The molecule has 2 unspecified atom stereocenters. The molecule has 4 rings (SSSR count). The van der Waals surface area contributed by atoms with Gasteiger partial charge in [-0.1, -0.05) is 62.4 Å². The van der Waals surface area contributed by atoms with Crippen LogP contribution in [0.3, 0.4) is 0 Å². The second-order valence-electron chi connectivity index (χ2n) is 9.69. The summed E-state index contributed by atoms with van der Waals surface area (Å²) in [5.41, 5.74) is 3.51. The summed E-state index contributed by atoms with van der Waals surface area (Å²) in [6.45, 7) is 3.92. The molecule has 2 aliphatic carbocycles. The van der Waals surface area contributed by atoms with Gasteiger partial charge in [0.15, 0.2) is 0 Å². The van der Waals surface area contributed by atoms with E-state index in [2.05, 4.69) is 34.9 Å². The molecule has 0 bridgehead atoms. The van der Waals surface area contributed by atoms with E-state index in [1.54, 1.807) is 0 Å². The number of alkyl carbamates (subject to hydrolysis) is 1. The number of nitrogens with one attached hydrogen (secondary N) is 2. The van der Waals surface area contributed by atoms with E-state index >= 15 is 0 Å². The summed E-state index contributed by atoms with van der Waals surface area (Å²) in [7, 11) is 0. The summed E-state index contributed by atoms with van der Waals surface area (Å²) in [6, 6.07) is 16.2. The minimum Gasteiger partial charge on any atom is -0.481 e. The number of benzene rings is 2. The lowest BCUT2D eigenvalue weighted by atomic mass is 9.91. The number of rotatable bonds is 9. The first kappa shape index (κ1) is 24.8. The van der Waals surface area contributed by atoms with Crippen molar-refractivity contribution in [3.05, 3.63) is 59.7 Å². The molecule has 35 heavy (non-hydrogen) atoms. The van der Waals surface area contributed by atoms with E-state index in [1.807, 2.05) is 38.1 Å². The number of carbonyl (C=O) groups excluding carboxylic acids is 2. The van der Waals surface area contributed by atoms with E-state index in [1.165, 1.54) is 0 Å². The maximum absolute atomic E-state index is 13.2. The minimum atomic E-state index is -1.08. The highest BCUT2D eigenvalue weighted by atomic mass is 16.5. The Morgan fingerprint density at radius 3 is 2.14 bits per heavy atom. The fraction of sp³-hybridized carbons (Fsp3) is 0.464. The molecular formula is C28H34N2O5. The molecule has 0 aromatic heterocycles. The van der Waals surface area contributed by atoms with Crippen LogP contribution < -0.4 is 10.6 Å². The van der Waals surface area contributed by atoms with Crippen LogP contribution in [0.2, 0.25) is 0 Å². The molecule has 1 fully saturated rings. The van der Waals surface area contributed by atoms with Crippen molar-refractivity contribution < 1.29 is 24.2 Å². The third-order valence-electron chi connectivity index (χ3n) is 7.67. The van der Waals surface area contributed by atoms with Crippen LogP contribution in [0.5, 0.6) is 0 Å². The predicted molar refractivity (Wildman–Crippen MR) is 133 cm³/mol. The number of fused-ring (bicyclic) bond motifs is 3. The van der Waals surface area contributed by atoms with Gasteiger partial charge in [0.2, 0.25) is 5.91 Å². The van der Waals surface area contributed by atoms with Crippen molar-refractivity contribution in [2.24, 2.45) is 5.92 Å². The Labute approximate surface area is 206 Å². The molecule has 0 radical (unpaired) electrons. The number of carboxylic acids is 1. The third kappa shape index (κ3) is 5.19. The molecule has 3 N–H and O–H groups in total. The highest BCUT2D eigenvalue weighted by molar-refractivity contribution is 5.90. The molecule has 7 heteroatoms. The van der Waals surface area contributed by atoms with Gasteiger partial charge in [0.1, 0.15) is 12.1 Å². The Kier molecular flexibility index (Phi) is 7.43. The lowest BCUT2D eigenvalue weighted by Crippen LogP contribution is -2.59. The van der Waals surface area contributed by atoms with E-state index in [4.69, 9.17) is 9.84 Å². The lowest BCUT2D eigenvalue weighted by molar-refractivity contribution is -0.138. The molecule has 2 amide bonds. The fourth-order valence-electron chi connectivity index (χ4n) is 5.60. The molecule has 0 heterocycles. The first-order chi connectivity index (χ1) is 16.9. The van der Waals surface area contributed by atoms with Crippen LogP contribution in [0.4, 0.5) is 4.79 Å². The van der Waals surface area contributed by atoms with Gasteiger partial charge >= 0.3 is 12.1 Å². The van der Waals surface area contributed by atoms with E-state index in [9.17, 15) is 14.4 Å². The van der Waals surface area contributed by atoms with Crippen molar-refractivity contribution in [3.63, 3.8) is 0 Å². The van der Waals surface area contributed by atoms with Gasteiger partial charge in [-0.2, -0.15) is 0 Å². The second-order valence-corrected chi connectivity index (χ2v) is 9.69. The van der Waals surface area contributed by atoms with Crippen molar-refractivity contribution in [3.8, 4) is 11.1 Å². The largest absolute Gasteiger partial charge is 0.481 e. The summed E-state index contributed by atoms with van der Waals surface area (Å²) in [5.74, 6) is -1.03. The van der Waals surface area contributed by atoms with Gasteiger partial charge in [-0.3, -0.25) is 9.59 Å². The Morgan fingerprint density at radius 1 is 0.971 bits per heavy atom. The molecule has 0 saturated heterocycles. The first-order valence-electron chi connectivity index (χ1n) is 12.5. The number of carbonyl (C=O) groups is 3. The Bertz CT molecular complexity index is 1050. The average molecular weight is 479 g/mol. The molecule has 2 aliphatic rings. The topological polar surface area (TPSA) is 105 Å². The predicted octanol–water partition coefficient (Wildman–Crippen LogP) is 4.84. The summed E-state index contributed by atoms with van der Waals surface area (Å²) >= 11 is 0. The zero-order chi connectivity index (χ0) is 25.0. The summed E-state index contributed by atoms with van der Waals surface area (Å²) in [4.78, 5) is 37.1. The molecule has 0 spiro atoms. The summed E-state index contributed by atoms with van der Waals surface area (Å²) in [5, 5.41) is 14.9. The average Bonchev–Trinajstić information content (AvgIpc) is 3.42.